The molecule has 4 N–H and O–H groups in total. The zero-order chi connectivity index (χ0) is 22.9. The lowest BCUT2D eigenvalue weighted by molar-refractivity contribution is 0.170. The van der Waals surface area contributed by atoms with E-state index in [1.165, 1.54) is 5.56 Å². The third kappa shape index (κ3) is 6.64. The van der Waals surface area contributed by atoms with Gasteiger partial charge < -0.3 is 30.3 Å². The third-order valence-corrected chi connectivity index (χ3v) is 5.41. The molecule has 3 aromatic rings. The van der Waals surface area contributed by atoms with E-state index >= 15 is 0 Å². The van der Waals surface area contributed by atoms with Gasteiger partial charge in [-0.1, -0.05) is 30.3 Å². The lowest BCUT2D eigenvalue weighted by atomic mass is 10.1. The first kappa shape index (κ1) is 23.4. The highest BCUT2D eigenvalue weighted by atomic mass is 16.5. The molecule has 32 heavy (non-hydrogen) atoms. The van der Waals surface area contributed by atoms with Gasteiger partial charge in [0.1, 0.15) is 17.2 Å². The summed E-state index contributed by atoms with van der Waals surface area (Å²) in [5.41, 5.74) is 3.59. The molecule has 2 atom stereocenters. The van der Waals surface area contributed by atoms with Crippen LogP contribution in [0.3, 0.4) is 0 Å². The maximum atomic E-state index is 10.7. The molecule has 0 heterocycles. The van der Waals surface area contributed by atoms with Crippen LogP contribution in [0.25, 0.3) is 0 Å². The molecule has 0 aromatic heterocycles. The van der Waals surface area contributed by atoms with Crippen molar-refractivity contribution in [2.75, 3.05) is 26.1 Å². The molecule has 3 rings (SSSR count). The number of hydrogen-bond donors (Lipinski definition) is 4. The van der Waals surface area contributed by atoms with Crippen molar-refractivity contribution in [2.24, 2.45) is 0 Å². The third-order valence-electron chi connectivity index (χ3n) is 5.41. The molecule has 170 valence electrons. The van der Waals surface area contributed by atoms with E-state index in [2.05, 4.69) is 17.6 Å². The van der Waals surface area contributed by atoms with Gasteiger partial charge in [-0.2, -0.15) is 0 Å². The maximum Gasteiger partial charge on any atom is 0.138 e. The molecule has 3 aromatic carbocycles. The Morgan fingerprint density at radius 2 is 1.44 bits per heavy atom. The maximum absolute atomic E-state index is 10.7. The van der Waals surface area contributed by atoms with E-state index in [1.54, 1.807) is 32.4 Å². The number of phenols is 1. The van der Waals surface area contributed by atoms with Crippen LogP contribution in [0.2, 0.25) is 0 Å². The van der Waals surface area contributed by atoms with E-state index in [0.717, 1.165) is 29.0 Å². The number of ether oxygens (including phenoxy) is 2. The number of benzene rings is 3. The minimum absolute atomic E-state index is 0.148. The predicted octanol–water partition coefficient (Wildman–Crippen LogP) is 4.28. The van der Waals surface area contributed by atoms with Crippen molar-refractivity contribution in [3.8, 4) is 17.2 Å². The zero-order valence-corrected chi connectivity index (χ0v) is 18.8. The van der Waals surface area contributed by atoms with Gasteiger partial charge >= 0.3 is 0 Å². The van der Waals surface area contributed by atoms with Crippen LogP contribution in [0, 0.1) is 0 Å². The minimum atomic E-state index is -0.685. The summed E-state index contributed by atoms with van der Waals surface area (Å²) in [6.45, 7) is 3.06. The largest absolute Gasteiger partial charge is 0.506 e. The Bertz CT molecular complexity index is 974. The highest BCUT2D eigenvalue weighted by molar-refractivity contribution is 5.58. The highest BCUT2D eigenvalue weighted by Gasteiger charge is 2.13. The summed E-state index contributed by atoms with van der Waals surface area (Å²) < 4.78 is 10.4. The Morgan fingerprint density at radius 3 is 2.03 bits per heavy atom. The van der Waals surface area contributed by atoms with Gasteiger partial charge in [-0.15, -0.1) is 0 Å². The van der Waals surface area contributed by atoms with Crippen molar-refractivity contribution in [3.63, 3.8) is 0 Å². The van der Waals surface area contributed by atoms with Gasteiger partial charge in [-0.25, -0.2) is 0 Å². The molecule has 0 radical (unpaired) electrons. The quantitative estimate of drug-likeness (QED) is 0.336. The first-order valence-electron chi connectivity index (χ1n) is 10.7. The van der Waals surface area contributed by atoms with Crippen LogP contribution < -0.4 is 20.1 Å². The van der Waals surface area contributed by atoms with Crippen LogP contribution in [0.1, 0.15) is 29.7 Å². The lowest BCUT2D eigenvalue weighted by Gasteiger charge is -2.19. The second kappa shape index (κ2) is 11.4. The average Bonchev–Trinajstić information content (AvgIpc) is 2.82. The van der Waals surface area contributed by atoms with E-state index < -0.39 is 6.10 Å². The number of rotatable bonds is 11. The fraction of sp³-hybridized carbons (Fsp3) is 0.308. The molecule has 6 heteroatoms. The molecule has 0 aliphatic heterocycles. The van der Waals surface area contributed by atoms with Gasteiger partial charge in [0, 0.05) is 19.1 Å². The Balaban J connectivity index is 1.53. The number of anilines is 1. The molecule has 0 bridgehead atoms. The summed E-state index contributed by atoms with van der Waals surface area (Å²) in [6, 6.07) is 21.1. The predicted molar refractivity (Wildman–Crippen MR) is 128 cm³/mol. The molecule has 0 aliphatic rings. The Labute approximate surface area is 189 Å². The standard InChI is InChI=1S/C26H32N2O4/c1-18(14-19-4-9-22(31-2)10-5-19)27-17-26(30)21-8-13-25(29)24(15-21)28-16-20-6-11-23(32-3)12-7-20/h4-13,15,18,26-30H,14,16-17H2,1-3H3. The minimum Gasteiger partial charge on any atom is -0.506 e. The van der Waals surface area contributed by atoms with Gasteiger partial charge in [0.2, 0.25) is 0 Å². The first-order valence-corrected chi connectivity index (χ1v) is 10.7. The van der Waals surface area contributed by atoms with Gasteiger partial charge in [-0.05, 0) is 66.4 Å². The SMILES string of the molecule is COc1ccc(CNc2cc(C(O)CNC(C)Cc3ccc(OC)cc3)ccc2O)cc1. The highest BCUT2D eigenvalue weighted by Crippen LogP contribution is 2.28. The lowest BCUT2D eigenvalue weighted by Crippen LogP contribution is -2.32. The van der Waals surface area contributed by atoms with Crippen molar-refractivity contribution < 1.29 is 19.7 Å². The summed E-state index contributed by atoms with van der Waals surface area (Å²) in [5, 5.41) is 27.5. The van der Waals surface area contributed by atoms with Crippen LogP contribution in [-0.4, -0.2) is 37.0 Å². The molecular weight excluding hydrogens is 404 g/mol. The molecule has 0 aliphatic carbocycles. The summed E-state index contributed by atoms with van der Waals surface area (Å²) in [5.74, 6) is 1.79. The second-order valence-corrected chi connectivity index (χ2v) is 7.86. The van der Waals surface area contributed by atoms with Crippen LogP contribution in [0.4, 0.5) is 5.69 Å². The summed E-state index contributed by atoms with van der Waals surface area (Å²) in [4.78, 5) is 0. The number of hydrogen-bond acceptors (Lipinski definition) is 6. The smallest absolute Gasteiger partial charge is 0.138 e. The van der Waals surface area contributed by atoms with Crippen LogP contribution in [-0.2, 0) is 13.0 Å². The molecule has 0 spiro atoms. The van der Waals surface area contributed by atoms with Crippen LogP contribution >= 0.6 is 0 Å². The van der Waals surface area contributed by atoms with Gasteiger partial charge in [0.25, 0.3) is 0 Å². The Hall–Kier alpha value is -3.22. The van der Waals surface area contributed by atoms with Gasteiger partial charge in [-0.3, -0.25) is 0 Å². The molecule has 0 amide bonds. The summed E-state index contributed by atoms with van der Waals surface area (Å²) in [7, 11) is 3.29. The van der Waals surface area contributed by atoms with Crippen molar-refractivity contribution in [1.82, 2.24) is 5.32 Å². The normalized spacial score (nSPS) is 12.8. The Morgan fingerprint density at radius 1 is 0.844 bits per heavy atom. The van der Waals surface area contributed by atoms with E-state index in [1.807, 2.05) is 48.5 Å². The number of aliphatic hydroxyl groups excluding tert-OH is 1. The van der Waals surface area contributed by atoms with Crippen molar-refractivity contribution in [2.45, 2.75) is 32.0 Å². The number of aromatic hydroxyl groups is 1. The van der Waals surface area contributed by atoms with E-state index in [4.69, 9.17) is 9.47 Å². The van der Waals surface area contributed by atoms with E-state index in [9.17, 15) is 10.2 Å². The topological polar surface area (TPSA) is 83.0 Å². The molecular formula is C26H32N2O4. The van der Waals surface area contributed by atoms with Gasteiger partial charge in [0.15, 0.2) is 0 Å². The zero-order valence-electron chi connectivity index (χ0n) is 18.8. The fourth-order valence-corrected chi connectivity index (χ4v) is 3.46. The average molecular weight is 437 g/mol. The fourth-order valence-electron chi connectivity index (χ4n) is 3.46. The van der Waals surface area contributed by atoms with E-state index in [0.29, 0.717) is 18.8 Å². The number of phenolic OH excluding ortho intramolecular Hbond substituents is 1. The van der Waals surface area contributed by atoms with E-state index in [-0.39, 0.29) is 11.8 Å². The number of aliphatic hydroxyl groups is 1. The molecule has 2 unspecified atom stereocenters. The van der Waals surface area contributed by atoms with Crippen LogP contribution in [0.15, 0.2) is 66.7 Å². The number of methoxy groups -OCH3 is 2. The Kier molecular flexibility index (Phi) is 8.36. The monoisotopic (exact) mass is 436 g/mol. The van der Waals surface area contributed by atoms with Gasteiger partial charge in [0.05, 0.1) is 26.0 Å². The molecule has 0 saturated heterocycles. The molecule has 6 nitrogen and oxygen atoms in total. The summed E-state index contributed by atoms with van der Waals surface area (Å²) in [6.07, 6.45) is 0.163. The second-order valence-electron chi connectivity index (χ2n) is 7.86. The van der Waals surface area contributed by atoms with Crippen molar-refractivity contribution in [1.29, 1.82) is 0 Å². The summed E-state index contributed by atoms with van der Waals surface area (Å²) >= 11 is 0. The van der Waals surface area contributed by atoms with Crippen LogP contribution in [0.5, 0.6) is 17.2 Å². The number of nitrogens with one attached hydrogen (secondary N) is 2. The first-order chi connectivity index (χ1) is 15.5. The van der Waals surface area contributed by atoms with Crippen molar-refractivity contribution >= 4 is 5.69 Å². The molecule has 0 saturated carbocycles. The van der Waals surface area contributed by atoms with Crippen molar-refractivity contribution in [3.05, 3.63) is 83.4 Å². The molecule has 0 fully saturated rings.